The SMILES string of the molecule is N#C/C(=C\CO)c1ccccc1. The second-order valence-electron chi connectivity index (χ2n) is 2.28. The van der Waals surface area contributed by atoms with Crippen molar-refractivity contribution in [1.82, 2.24) is 0 Å². The summed E-state index contributed by atoms with van der Waals surface area (Å²) in [5, 5.41) is 17.3. The normalized spacial score (nSPS) is 10.8. The molecule has 0 atom stereocenters. The van der Waals surface area contributed by atoms with Crippen LogP contribution in [0.5, 0.6) is 0 Å². The molecule has 0 spiro atoms. The van der Waals surface area contributed by atoms with Crippen LogP contribution >= 0.6 is 0 Å². The van der Waals surface area contributed by atoms with E-state index in [2.05, 4.69) is 0 Å². The van der Waals surface area contributed by atoms with Crippen molar-refractivity contribution in [3.8, 4) is 6.07 Å². The number of nitriles is 1. The van der Waals surface area contributed by atoms with Gasteiger partial charge in [-0.25, -0.2) is 0 Å². The van der Waals surface area contributed by atoms with E-state index in [1.807, 2.05) is 36.4 Å². The first-order valence-corrected chi connectivity index (χ1v) is 3.65. The Morgan fingerprint density at radius 2 is 2.08 bits per heavy atom. The van der Waals surface area contributed by atoms with Gasteiger partial charge in [0.1, 0.15) is 0 Å². The van der Waals surface area contributed by atoms with Crippen molar-refractivity contribution in [1.29, 1.82) is 5.26 Å². The summed E-state index contributed by atoms with van der Waals surface area (Å²) in [5.74, 6) is 0. The number of allylic oxidation sites excluding steroid dienone is 1. The van der Waals surface area contributed by atoms with Crippen molar-refractivity contribution < 1.29 is 5.11 Å². The first-order chi connectivity index (χ1) is 5.88. The van der Waals surface area contributed by atoms with Crippen LogP contribution in [0.2, 0.25) is 0 Å². The Balaban J connectivity index is 2.98. The third-order valence-electron chi connectivity index (χ3n) is 1.50. The average Bonchev–Trinajstić information content (AvgIpc) is 2.15. The number of nitrogens with zero attached hydrogens (tertiary/aromatic N) is 1. The third-order valence-corrected chi connectivity index (χ3v) is 1.50. The van der Waals surface area contributed by atoms with Crippen molar-refractivity contribution in [3.63, 3.8) is 0 Å². The molecule has 2 nitrogen and oxygen atoms in total. The van der Waals surface area contributed by atoms with Crippen molar-refractivity contribution >= 4 is 5.57 Å². The van der Waals surface area contributed by atoms with Crippen molar-refractivity contribution in [3.05, 3.63) is 42.0 Å². The highest BCUT2D eigenvalue weighted by Gasteiger charge is 1.96. The van der Waals surface area contributed by atoms with E-state index in [0.29, 0.717) is 5.57 Å². The molecule has 0 unspecified atom stereocenters. The van der Waals surface area contributed by atoms with Crippen LogP contribution in [0.15, 0.2) is 36.4 Å². The molecule has 0 amide bonds. The van der Waals surface area contributed by atoms with E-state index in [-0.39, 0.29) is 6.61 Å². The second kappa shape index (κ2) is 4.32. The van der Waals surface area contributed by atoms with Gasteiger partial charge >= 0.3 is 0 Å². The zero-order valence-electron chi connectivity index (χ0n) is 6.57. The number of aliphatic hydroxyl groups is 1. The first-order valence-electron chi connectivity index (χ1n) is 3.65. The first kappa shape index (κ1) is 8.51. The lowest BCUT2D eigenvalue weighted by molar-refractivity contribution is 0.343. The molecule has 12 heavy (non-hydrogen) atoms. The van der Waals surface area contributed by atoms with E-state index >= 15 is 0 Å². The van der Waals surface area contributed by atoms with E-state index in [4.69, 9.17) is 10.4 Å². The Hall–Kier alpha value is -1.59. The minimum atomic E-state index is -0.0994. The Morgan fingerprint density at radius 3 is 2.58 bits per heavy atom. The second-order valence-corrected chi connectivity index (χ2v) is 2.28. The van der Waals surface area contributed by atoms with E-state index in [0.717, 1.165) is 5.56 Å². The number of hydrogen-bond acceptors (Lipinski definition) is 2. The van der Waals surface area contributed by atoms with E-state index in [1.54, 1.807) is 0 Å². The van der Waals surface area contributed by atoms with Crippen LogP contribution in [-0.4, -0.2) is 11.7 Å². The lowest BCUT2D eigenvalue weighted by Gasteiger charge is -1.95. The standard InChI is InChI=1S/C10H9NO/c11-8-10(6-7-12)9-4-2-1-3-5-9/h1-6,12H,7H2/b10-6+. The molecule has 0 radical (unpaired) electrons. The summed E-state index contributed by atoms with van der Waals surface area (Å²) in [7, 11) is 0. The molecular weight excluding hydrogens is 150 g/mol. The highest BCUT2D eigenvalue weighted by Crippen LogP contribution is 2.11. The van der Waals surface area contributed by atoms with Crippen molar-refractivity contribution in [2.24, 2.45) is 0 Å². The highest BCUT2D eigenvalue weighted by atomic mass is 16.2. The summed E-state index contributed by atoms with van der Waals surface area (Å²) in [6.07, 6.45) is 1.50. The van der Waals surface area contributed by atoms with Gasteiger partial charge in [-0.05, 0) is 11.6 Å². The van der Waals surface area contributed by atoms with Crippen LogP contribution in [-0.2, 0) is 0 Å². The number of aliphatic hydroxyl groups excluding tert-OH is 1. The maximum Gasteiger partial charge on any atom is 0.0995 e. The lowest BCUT2D eigenvalue weighted by atomic mass is 10.1. The summed E-state index contributed by atoms with van der Waals surface area (Å²) in [5.41, 5.74) is 1.35. The van der Waals surface area contributed by atoms with Gasteiger partial charge in [0.2, 0.25) is 0 Å². The van der Waals surface area contributed by atoms with Crippen molar-refractivity contribution in [2.75, 3.05) is 6.61 Å². The highest BCUT2D eigenvalue weighted by molar-refractivity contribution is 5.76. The van der Waals surface area contributed by atoms with Gasteiger partial charge in [0.15, 0.2) is 0 Å². The maximum absolute atomic E-state index is 8.68. The Kier molecular flexibility index (Phi) is 3.06. The molecule has 1 N–H and O–H groups in total. The molecule has 60 valence electrons. The number of benzene rings is 1. The summed E-state index contributed by atoms with van der Waals surface area (Å²) in [4.78, 5) is 0. The predicted octanol–water partition coefficient (Wildman–Crippen LogP) is 1.59. The molecule has 2 heteroatoms. The van der Waals surface area contributed by atoms with Crippen LogP contribution in [0.25, 0.3) is 5.57 Å². The van der Waals surface area contributed by atoms with E-state index in [1.165, 1.54) is 6.08 Å². The molecule has 0 aliphatic carbocycles. The lowest BCUT2D eigenvalue weighted by Crippen LogP contribution is -1.82. The Labute approximate surface area is 71.4 Å². The quantitative estimate of drug-likeness (QED) is 0.666. The fraction of sp³-hybridized carbons (Fsp3) is 0.100. The average molecular weight is 159 g/mol. The van der Waals surface area contributed by atoms with Crippen LogP contribution < -0.4 is 0 Å². The minimum Gasteiger partial charge on any atom is -0.392 e. The molecule has 0 heterocycles. The zero-order chi connectivity index (χ0) is 8.81. The minimum absolute atomic E-state index is 0.0994. The summed E-state index contributed by atoms with van der Waals surface area (Å²) in [6, 6.07) is 11.3. The monoisotopic (exact) mass is 159 g/mol. The third kappa shape index (κ3) is 1.94. The largest absolute Gasteiger partial charge is 0.392 e. The van der Waals surface area contributed by atoms with Gasteiger partial charge in [0.25, 0.3) is 0 Å². The molecule has 0 aliphatic rings. The van der Waals surface area contributed by atoms with Crippen LogP contribution in [0, 0.1) is 11.3 Å². The fourth-order valence-electron chi connectivity index (χ4n) is 0.937. The van der Waals surface area contributed by atoms with Gasteiger partial charge in [-0.1, -0.05) is 30.3 Å². The molecule has 0 fully saturated rings. The van der Waals surface area contributed by atoms with Gasteiger partial charge < -0.3 is 5.11 Å². The molecule has 0 saturated heterocycles. The summed E-state index contributed by atoms with van der Waals surface area (Å²) in [6.45, 7) is -0.0994. The van der Waals surface area contributed by atoms with Gasteiger partial charge in [0.05, 0.1) is 18.2 Å². The fourth-order valence-corrected chi connectivity index (χ4v) is 0.937. The summed E-state index contributed by atoms with van der Waals surface area (Å²) >= 11 is 0. The maximum atomic E-state index is 8.68. The molecule has 0 bridgehead atoms. The molecule has 1 rings (SSSR count). The van der Waals surface area contributed by atoms with E-state index < -0.39 is 0 Å². The van der Waals surface area contributed by atoms with Gasteiger partial charge in [-0.15, -0.1) is 0 Å². The smallest absolute Gasteiger partial charge is 0.0995 e. The molecule has 0 aliphatic heterocycles. The molecular formula is C10H9NO. The van der Waals surface area contributed by atoms with E-state index in [9.17, 15) is 0 Å². The van der Waals surface area contributed by atoms with Gasteiger partial charge in [-0.3, -0.25) is 0 Å². The molecule has 0 saturated carbocycles. The molecule has 1 aromatic carbocycles. The molecule has 0 aromatic heterocycles. The topological polar surface area (TPSA) is 44.0 Å². The van der Waals surface area contributed by atoms with Crippen molar-refractivity contribution in [2.45, 2.75) is 0 Å². The van der Waals surface area contributed by atoms with Crippen LogP contribution in [0.4, 0.5) is 0 Å². The van der Waals surface area contributed by atoms with Gasteiger partial charge in [0, 0.05) is 0 Å². The Morgan fingerprint density at radius 1 is 1.42 bits per heavy atom. The van der Waals surface area contributed by atoms with Crippen LogP contribution in [0.3, 0.4) is 0 Å². The molecule has 1 aromatic rings. The summed E-state index contributed by atoms with van der Waals surface area (Å²) < 4.78 is 0. The van der Waals surface area contributed by atoms with Gasteiger partial charge in [-0.2, -0.15) is 5.26 Å². The zero-order valence-corrected chi connectivity index (χ0v) is 6.57. The number of rotatable bonds is 2. The predicted molar refractivity (Wildman–Crippen MR) is 47.1 cm³/mol. The van der Waals surface area contributed by atoms with Crippen LogP contribution in [0.1, 0.15) is 5.56 Å². The Bertz CT molecular complexity index is 308. The number of hydrogen-bond donors (Lipinski definition) is 1.